The number of benzene rings is 3. The van der Waals surface area contributed by atoms with Crippen LogP contribution in [0.4, 0.5) is 0 Å². The number of nitrogens with zero attached hydrogens (tertiary/aromatic N) is 7. The van der Waals surface area contributed by atoms with Crippen LogP contribution in [-0.4, -0.2) is 229 Å². The van der Waals surface area contributed by atoms with E-state index in [4.69, 9.17) is 23.2 Å². The lowest BCUT2D eigenvalue weighted by Gasteiger charge is -2.34. The molecule has 0 bridgehead atoms. The summed E-state index contributed by atoms with van der Waals surface area (Å²) in [6, 6.07) is 11.6. The lowest BCUT2D eigenvalue weighted by Crippen LogP contribution is -2.61. The Bertz CT molecular complexity index is 3170. The molecule has 2 heterocycles. The number of hydrogen-bond donors (Lipinski definition) is 5. The third kappa shape index (κ3) is 22.3. The lowest BCUT2D eigenvalue weighted by atomic mass is 9.97. The van der Waals surface area contributed by atoms with Crippen molar-refractivity contribution in [1.29, 1.82) is 0 Å². The second kappa shape index (κ2) is 36.0. The molecule has 3 aromatic carbocycles. The van der Waals surface area contributed by atoms with Crippen LogP contribution in [0.15, 0.2) is 78.9 Å². The highest BCUT2D eigenvalue weighted by molar-refractivity contribution is 6.30. The van der Waals surface area contributed by atoms with Crippen molar-refractivity contribution >= 4 is 94.1 Å². The average molecular weight is 1340 g/mol. The van der Waals surface area contributed by atoms with Gasteiger partial charge in [-0.25, -0.2) is 0 Å². The van der Waals surface area contributed by atoms with Crippen LogP contribution in [0, 0.1) is 17.8 Å². The van der Waals surface area contributed by atoms with Crippen LogP contribution in [0.2, 0.25) is 10.0 Å². The van der Waals surface area contributed by atoms with Gasteiger partial charge in [-0.3, -0.25) is 57.5 Å². The van der Waals surface area contributed by atoms with Crippen molar-refractivity contribution in [2.24, 2.45) is 17.8 Å². The van der Waals surface area contributed by atoms with Crippen LogP contribution < -0.4 is 26.6 Å². The molecule has 2 aliphatic heterocycles. The highest BCUT2D eigenvalue weighted by Crippen LogP contribution is 2.21. The monoisotopic (exact) mass is 1340 g/mol. The normalized spacial score (nSPS) is 23.9. The topological polar surface area (TPSA) is 288 Å². The molecule has 94 heavy (non-hydrogen) atoms. The number of likely N-dealkylation sites (tertiary alicyclic amines) is 1. The maximum absolute atomic E-state index is 15.2. The maximum Gasteiger partial charge on any atom is 0.245 e. The Morgan fingerprint density at radius 2 is 1.05 bits per heavy atom. The van der Waals surface area contributed by atoms with Gasteiger partial charge in [-0.15, -0.1) is 0 Å². The largest absolute Gasteiger partial charge is 0.342 e. The van der Waals surface area contributed by atoms with Gasteiger partial charge in [0.05, 0.1) is 26.1 Å². The van der Waals surface area contributed by atoms with Crippen LogP contribution in [-0.2, 0) is 76.8 Å². The molecule has 0 aromatic heterocycles. The number of hydrogen-bond acceptors (Lipinski definition) is 12. The summed E-state index contributed by atoms with van der Waals surface area (Å²) < 4.78 is 0. The van der Waals surface area contributed by atoms with Crippen molar-refractivity contribution in [1.82, 2.24) is 60.9 Å². The minimum absolute atomic E-state index is 0.0511. The maximum atomic E-state index is 15.2. The summed E-state index contributed by atoms with van der Waals surface area (Å²) in [5, 5.41) is 14.8. The predicted molar refractivity (Wildman–Crippen MR) is 357 cm³/mol. The Morgan fingerprint density at radius 3 is 1.66 bits per heavy atom. The molecule has 26 heteroatoms. The van der Waals surface area contributed by atoms with Crippen molar-refractivity contribution in [3.63, 3.8) is 0 Å². The third-order valence-corrected chi connectivity index (χ3v) is 17.9. The van der Waals surface area contributed by atoms with Gasteiger partial charge in [0, 0.05) is 84.7 Å². The van der Waals surface area contributed by atoms with E-state index in [0.717, 1.165) is 24.5 Å². The standard InChI is InChI=1S/C68H96Cl2N12O12/c1-14-43(6)60-68(94)78(10)39-58(85)76(8)40-59(86)80(12)55(36-46-25-27-48(69)28-26-46)67(93)77(9)38-56(83)71-51(34-47-23-20-24-49(70)33-47)63(89)73-52(32-42(4)5)65(91)81(13)54(35-45-21-16-15-17-22-45)64(90)72-50(31-41(2)3)62(88)74-53(66(92)82-29-18-19-30-82)37-57(84)79(11)44(7)61(87)75-60/h15-17,20-28,33,41-44,50-55,60H,14,18-19,29-32,34-40H2,1-13H3,(H,71,83)(H,72,90)(H,73,89)(H,74,88)(H,75,87)/t43-,44-,50-,51-,52-,53+,54-,55-,60-/m0/s1. The van der Waals surface area contributed by atoms with Gasteiger partial charge in [-0.1, -0.05) is 126 Å². The Hall–Kier alpha value is -8.12. The van der Waals surface area contributed by atoms with E-state index in [-0.39, 0.29) is 43.9 Å². The third-order valence-electron chi connectivity index (χ3n) is 17.4. The zero-order chi connectivity index (χ0) is 69.8. The van der Waals surface area contributed by atoms with E-state index in [1.54, 1.807) is 85.8 Å². The molecule has 5 rings (SSSR count). The van der Waals surface area contributed by atoms with Gasteiger partial charge in [-0.2, -0.15) is 0 Å². The summed E-state index contributed by atoms with van der Waals surface area (Å²) in [5.74, 6) is -9.44. The van der Waals surface area contributed by atoms with Gasteiger partial charge in [0.2, 0.25) is 70.9 Å². The van der Waals surface area contributed by atoms with E-state index >= 15 is 9.59 Å². The molecule has 0 saturated carbocycles. The van der Waals surface area contributed by atoms with Gasteiger partial charge < -0.3 is 60.9 Å². The highest BCUT2D eigenvalue weighted by Gasteiger charge is 2.40. The first-order chi connectivity index (χ1) is 44.3. The molecular formula is C68H96Cl2N12O12. The molecule has 0 radical (unpaired) electrons. The van der Waals surface area contributed by atoms with Gasteiger partial charge >= 0.3 is 0 Å². The molecule has 2 aliphatic rings. The van der Waals surface area contributed by atoms with E-state index < -0.39 is 151 Å². The number of carbonyl (C=O) groups is 12. The summed E-state index contributed by atoms with van der Waals surface area (Å²) in [6.45, 7) is 11.3. The average Bonchev–Trinajstić information content (AvgIpc) is 1.07. The van der Waals surface area contributed by atoms with E-state index in [9.17, 15) is 47.9 Å². The molecule has 2 saturated heterocycles. The molecule has 24 nitrogen and oxygen atoms in total. The Kier molecular flexibility index (Phi) is 29.3. The number of rotatable bonds is 13. The number of halogens is 2. The van der Waals surface area contributed by atoms with Crippen LogP contribution in [0.3, 0.4) is 0 Å². The highest BCUT2D eigenvalue weighted by atomic mass is 35.5. The molecule has 0 aliphatic carbocycles. The summed E-state index contributed by atoms with van der Waals surface area (Å²) in [5.41, 5.74) is 1.77. The fraction of sp³-hybridized carbons (Fsp3) is 0.559. The Balaban J connectivity index is 1.61. The molecule has 5 N–H and O–H groups in total. The molecule has 2 fully saturated rings. The first-order valence-electron chi connectivity index (χ1n) is 32.1. The molecule has 12 amide bonds. The predicted octanol–water partition coefficient (Wildman–Crippen LogP) is 3.49. The van der Waals surface area contributed by atoms with Crippen LogP contribution in [0.5, 0.6) is 0 Å². The second-order valence-corrected chi connectivity index (χ2v) is 26.7. The second-order valence-electron chi connectivity index (χ2n) is 25.8. The minimum atomic E-state index is -1.46. The molecule has 0 unspecified atom stereocenters. The van der Waals surface area contributed by atoms with Crippen molar-refractivity contribution in [2.45, 2.75) is 155 Å². The first kappa shape index (κ1) is 76.6. The van der Waals surface area contributed by atoms with Gasteiger partial charge in [0.15, 0.2) is 0 Å². The Morgan fingerprint density at radius 1 is 0.500 bits per heavy atom. The van der Waals surface area contributed by atoms with Crippen LogP contribution in [0.25, 0.3) is 0 Å². The van der Waals surface area contributed by atoms with Crippen molar-refractivity contribution in [3.8, 4) is 0 Å². The summed E-state index contributed by atoms with van der Waals surface area (Å²) in [7, 11) is 8.22. The van der Waals surface area contributed by atoms with E-state index in [0.29, 0.717) is 59.1 Å². The lowest BCUT2D eigenvalue weighted by molar-refractivity contribution is -0.148. The van der Waals surface area contributed by atoms with E-state index in [1.807, 2.05) is 34.6 Å². The van der Waals surface area contributed by atoms with Crippen LogP contribution >= 0.6 is 23.2 Å². The summed E-state index contributed by atoms with van der Waals surface area (Å²) in [4.78, 5) is 183. The minimum Gasteiger partial charge on any atom is -0.342 e. The first-order valence-corrected chi connectivity index (χ1v) is 32.9. The molecule has 3 aromatic rings. The zero-order valence-corrected chi connectivity index (χ0v) is 58.1. The number of carbonyl (C=O) groups excluding carboxylic acids is 12. The molecule has 9 atom stereocenters. The van der Waals surface area contributed by atoms with Crippen molar-refractivity contribution < 1.29 is 57.5 Å². The smallest absolute Gasteiger partial charge is 0.245 e. The van der Waals surface area contributed by atoms with Crippen molar-refractivity contribution in [3.05, 3.63) is 106 Å². The quantitative estimate of drug-likeness (QED) is 0.165. The van der Waals surface area contributed by atoms with E-state index in [2.05, 4.69) is 26.6 Å². The summed E-state index contributed by atoms with van der Waals surface area (Å²) in [6.07, 6.45) is 1.02. The fourth-order valence-electron chi connectivity index (χ4n) is 11.2. The number of nitrogens with one attached hydrogen (secondary N) is 5. The molecule has 0 spiro atoms. The SMILES string of the molecule is CC[C@H](C)[C@@H]1NC(=O)[C@H](C)N(C)C(=O)C[C@H](C(=O)N2CCCC2)NC(=O)[C@H](CC(C)C)NC(=O)[C@H](Cc2ccccc2)N(C)C(=O)[C@H](CC(C)C)NC(=O)[C@H](Cc2cccc(Cl)c2)NC(=O)CN(C)C(=O)[C@H](Cc2ccc(Cl)cc2)N(C)C(=O)CN(C)C(=O)CN(C)C1=O. The van der Waals surface area contributed by atoms with Gasteiger partial charge in [0.1, 0.15) is 48.3 Å². The van der Waals surface area contributed by atoms with Crippen molar-refractivity contribution in [2.75, 3.05) is 75.0 Å². The number of amides is 12. The molecular weight excluding hydrogens is 1250 g/mol. The van der Waals surface area contributed by atoms with E-state index in [1.165, 1.54) is 59.0 Å². The summed E-state index contributed by atoms with van der Waals surface area (Å²) >= 11 is 12.6. The Labute approximate surface area is 562 Å². The van der Waals surface area contributed by atoms with Crippen LogP contribution in [0.1, 0.15) is 104 Å². The van der Waals surface area contributed by atoms with Gasteiger partial charge in [-0.05, 0) is 91.3 Å². The van der Waals surface area contributed by atoms with Gasteiger partial charge in [0.25, 0.3) is 0 Å². The number of likely N-dealkylation sites (N-methyl/N-ethyl adjacent to an activating group) is 6. The zero-order valence-electron chi connectivity index (χ0n) is 56.5. The molecule has 514 valence electrons. The fourth-order valence-corrected chi connectivity index (χ4v) is 11.6.